The molecule has 1 saturated carbocycles. The Morgan fingerprint density at radius 2 is 1.76 bits per heavy atom. The molecule has 0 unspecified atom stereocenters. The van der Waals surface area contributed by atoms with Crippen LogP contribution in [0.25, 0.3) is 32.9 Å². The summed E-state index contributed by atoms with van der Waals surface area (Å²) in [5, 5.41) is 7.47. The van der Waals surface area contributed by atoms with Crippen LogP contribution in [0.15, 0.2) is 47.8 Å². The minimum atomic E-state index is -0.379. The Morgan fingerprint density at radius 3 is 2.50 bits per heavy atom. The van der Waals surface area contributed by atoms with E-state index in [9.17, 15) is 9.59 Å². The molecule has 1 amide bonds. The maximum atomic E-state index is 13.4. The van der Waals surface area contributed by atoms with Crippen molar-refractivity contribution in [3.63, 3.8) is 0 Å². The molecule has 0 aromatic carbocycles. The van der Waals surface area contributed by atoms with Crippen LogP contribution in [0.3, 0.4) is 0 Å². The second kappa shape index (κ2) is 9.38. The molecule has 0 bridgehead atoms. The second-order valence-corrected chi connectivity index (χ2v) is 9.99. The molecule has 190 valence electrons. The number of fused-ring (bicyclic) bond motifs is 1. The lowest BCUT2D eigenvalue weighted by molar-refractivity contribution is 0.102. The molecule has 0 radical (unpaired) electrons. The zero-order valence-electron chi connectivity index (χ0n) is 20.8. The van der Waals surface area contributed by atoms with Gasteiger partial charge in [0.1, 0.15) is 5.75 Å². The Kier molecular flexibility index (Phi) is 5.87. The van der Waals surface area contributed by atoms with Crippen LogP contribution < -0.4 is 15.6 Å². The number of aromatic nitrogens is 7. The lowest BCUT2D eigenvalue weighted by Gasteiger charge is -2.13. The molecule has 38 heavy (non-hydrogen) atoms. The van der Waals surface area contributed by atoms with Crippen molar-refractivity contribution in [2.24, 2.45) is 0 Å². The molecule has 12 heteroatoms. The first-order valence-corrected chi connectivity index (χ1v) is 12.7. The van der Waals surface area contributed by atoms with Gasteiger partial charge in [-0.15, -0.1) is 0 Å². The molecule has 11 nitrogen and oxygen atoms in total. The molecule has 1 fully saturated rings. The van der Waals surface area contributed by atoms with Crippen LogP contribution in [0.1, 0.15) is 40.6 Å². The number of carbonyl (C=O) groups excluding carboxylic acids is 1. The molecule has 5 heterocycles. The van der Waals surface area contributed by atoms with Crippen LogP contribution in [0.5, 0.6) is 5.75 Å². The van der Waals surface area contributed by atoms with E-state index in [0.717, 1.165) is 29.8 Å². The third-order valence-corrected chi connectivity index (χ3v) is 7.01. The standard InChI is InChI=1S/C26H22N8O3S/c1-13-6-17(18-7-14(2)28-12-21(18)37-3)19(10-27-13)24(36)33-26-32-23-25(38-26)31-20(11-29-23)15-8-22(35)34(30-9-15)16-4-5-16/h6-12,16H,4-5H2,1-3H3,(H,29,32,33,36). The topological polar surface area (TPSA) is 138 Å². The number of methoxy groups -OCH3 is 1. The fourth-order valence-electron chi connectivity index (χ4n) is 4.11. The zero-order valence-corrected chi connectivity index (χ0v) is 21.6. The van der Waals surface area contributed by atoms with Crippen molar-refractivity contribution in [3.05, 3.63) is 70.3 Å². The van der Waals surface area contributed by atoms with E-state index in [-0.39, 0.29) is 17.5 Å². The fourth-order valence-corrected chi connectivity index (χ4v) is 4.91. The average molecular weight is 527 g/mol. The van der Waals surface area contributed by atoms with E-state index in [1.807, 2.05) is 26.0 Å². The molecule has 0 aliphatic heterocycles. The molecular formula is C26H22N8O3S. The van der Waals surface area contributed by atoms with Gasteiger partial charge in [0, 0.05) is 40.3 Å². The first-order chi connectivity index (χ1) is 18.4. The summed E-state index contributed by atoms with van der Waals surface area (Å²) < 4.78 is 7.00. The van der Waals surface area contributed by atoms with Crippen molar-refractivity contribution >= 4 is 32.9 Å². The van der Waals surface area contributed by atoms with Gasteiger partial charge in [0.15, 0.2) is 15.6 Å². The summed E-state index contributed by atoms with van der Waals surface area (Å²) in [6.45, 7) is 3.73. The zero-order chi connectivity index (χ0) is 26.4. The van der Waals surface area contributed by atoms with Gasteiger partial charge < -0.3 is 4.74 Å². The number of rotatable bonds is 6. The number of aryl methyl sites for hydroxylation is 2. The van der Waals surface area contributed by atoms with Crippen molar-refractivity contribution in [2.75, 3.05) is 12.4 Å². The summed E-state index contributed by atoms with van der Waals surface area (Å²) in [6.07, 6.45) is 8.29. The third-order valence-electron chi connectivity index (χ3n) is 6.16. The number of hydrogen-bond donors (Lipinski definition) is 1. The number of thiazole rings is 1. The molecule has 0 saturated heterocycles. The number of pyridine rings is 2. The predicted octanol–water partition coefficient (Wildman–Crippen LogP) is 3.98. The Labute approximate surface area is 220 Å². The number of ether oxygens (including phenoxy) is 1. The quantitative estimate of drug-likeness (QED) is 0.348. The highest BCUT2D eigenvalue weighted by Crippen LogP contribution is 2.34. The Bertz CT molecular complexity index is 1780. The van der Waals surface area contributed by atoms with Crippen LogP contribution >= 0.6 is 11.3 Å². The van der Waals surface area contributed by atoms with Crippen LogP contribution in [0.2, 0.25) is 0 Å². The smallest absolute Gasteiger partial charge is 0.267 e. The van der Waals surface area contributed by atoms with Crippen molar-refractivity contribution in [2.45, 2.75) is 32.7 Å². The van der Waals surface area contributed by atoms with E-state index < -0.39 is 0 Å². The summed E-state index contributed by atoms with van der Waals surface area (Å²) in [7, 11) is 1.56. The van der Waals surface area contributed by atoms with Crippen LogP contribution in [-0.2, 0) is 0 Å². The molecule has 1 aliphatic carbocycles. The largest absolute Gasteiger partial charge is 0.494 e. The lowest BCUT2D eigenvalue weighted by Crippen LogP contribution is -2.20. The SMILES string of the molecule is COc1cnc(C)cc1-c1cc(C)ncc1C(=O)Nc1nc2ncc(-c3cnn(C4CC4)c(=O)c3)nc2s1. The van der Waals surface area contributed by atoms with Crippen LogP contribution in [0, 0.1) is 13.8 Å². The van der Waals surface area contributed by atoms with Crippen molar-refractivity contribution in [1.82, 2.24) is 34.7 Å². The molecule has 0 atom stereocenters. The first kappa shape index (κ1) is 23.8. The van der Waals surface area contributed by atoms with Gasteiger partial charge in [0.05, 0.1) is 43.0 Å². The minimum Gasteiger partial charge on any atom is -0.494 e. The lowest BCUT2D eigenvalue weighted by atomic mass is 9.99. The van der Waals surface area contributed by atoms with Gasteiger partial charge >= 0.3 is 0 Å². The molecule has 5 aromatic heterocycles. The van der Waals surface area contributed by atoms with E-state index >= 15 is 0 Å². The normalized spacial score (nSPS) is 13.0. The monoisotopic (exact) mass is 526 g/mol. The number of nitrogens with one attached hydrogen (secondary N) is 1. The highest BCUT2D eigenvalue weighted by molar-refractivity contribution is 7.21. The van der Waals surface area contributed by atoms with E-state index in [1.54, 1.807) is 25.7 Å². The minimum absolute atomic E-state index is 0.160. The van der Waals surface area contributed by atoms with Crippen molar-refractivity contribution < 1.29 is 9.53 Å². The summed E-state index contributed by atoms with van der Waals surface area (Å²) in [6, 6.07) is 5.43. The van der Waals surface area contributed by atoms with Crippen molar-refractivity contribution in [1.29, 1.82) is 0 Å². The Balaban J connectivity index is 1.30. The van der Waals surface area contributed by atoms with Gasteiger partial charge in [0.25, 0.3) is 11.5 Å². The highest BCUT2D eigenvalue weighted by atomic mass is 32.1. The first-order valence-electron chi connectivity index (χ1n) is 11.9. The molecule has 5 aromatic rings. The number of nitrogens with zero attached hydrogens (tertiary/aromatic N) is 7. The summed E-state index contributed by atoms with van der Waals surface area (Å²) >= 11 is 1.19. The molecule has 0 spiro atoms. The van der Waals surface area contributed by atoms with Gasteiger partial charge in [-0.05, 0) is 38.8 Å². The van der Waals surface area contributed by atoms with Gasteiger partial charge in [-0.1, -0.05) is 11.3 Å². The van der Waals surface area contributed by atoms with Crippen LogP contribution in [0.4, 0.5) is 5.13 Å². The molecule has 6 rings (SSSR count). The van der Waals surface area contributed by atoms with Crippen molar-refractivity contribution in [3.8, 4) is 28.1 Å². The third kappa shape index (κ3) is 4.50. The summed E-state index contributed by atoms with van der Waals surface area (Å²) in [4.78, 5) is 48.3. The number of amides is 1. The van der Waals surface area contributed by atoms with E-state index in [0.29, 0.717) is 43.7 Å². The number of hydrogen-bond acceptors (Lipinski definition) is 10. The number of carbonyl (C=O) groups is 1. The Morgan fingerprint density at radius 1 is 1.00 bits per heavy atom. The summed E-state index contributed by atoms with van der Waals surface area (Å²) in [5.74, 6) is 0.173. The molecule has 1 N–H and O–H groups in total. The number of anilines is 1. The predicted molar refractivity (Wildman–Crippen MR) is 142 cm³/mol. The van der Waals surface area contributed by atoms with Gasteiger partial charge in [0.2, 0.25) is 0 Å². The van der Waals surface area contributed by atoms with E-state index in [4.69, 9.17) is 4.74 Å². The van der Waals surface area contributed by atoms with Gasteiger partial charge in [-0.3, -0.25) is 24.9 Å². The van der Waals surface area contributed by atoms with Gasteiger partial charge in [-0.2, -0.15) is 10.1 Å². The average Bonchev–Trinajstić information content (AvgIpc) is 3.67. The van der Waals surface area contributed by atoms with E-state index in [1.165, 1.54) is 28.3 Å². The maximum absolute atomic E-state index is 13.4. The second-order valence-electron chi connectivity index (χ2n) is 9.01. The highest BCUT2D eigenvalue weighted by Gasteiger charge is 2.26. The molecule has 1 aliphatic rings. The van der Waals surface area contributed by atoms with Crippen LogP contribution in [-0.4, -0.2) is 47.7 Å². The van der Waals surface area contributed by atoms with Gasteiger partial charge in [-0.25, -0.2) is 14.6 Å². The maximum Gasteiger partial charge on any atom is 0.267 e. The summed E-state index contributed by atoms with van der Waals surface area (Å²) in [5.41, 5.74) is 4.65. The molecular weight excluding hydrogens is 504 g/mol. The van der Waals surface area contributed by atoms with E-state index in [2.05, 4.69) is 35.3 Å². The fraction of sp³-hybridized carbons (Fsp3) is 0.231. The Hall–Kier alpha value is -4.58.